The zero-order valence-corrected chi connectivity index (χ0v) is 9.52. The molecule has 2 aliphatic heterocycles. The first-order valence-corrected chi connectivity index (χ1v) is 5.84. The fraction of sp³-hybridized carbons (Fsp3) is 0.583. The van der Waals surface area contributed by atoms with Gasteiger partial charge in [0, 0.05) is 32.4 Å². The zero-order chi connectivity index (χ0) is 11.0. The zero-order valence-electron chi connectivity index (χ0n) is 9.52. The molecule has 3 rings (SSSR count). The summed E-state index contributed by atoms with van der Waals surface area (Å²) in [5.41, 5.74) is 2.44. The lowest BCUT2D eigenvalue weighted by atomic mass is 10.1. The van der Waals surface area contributed by atoms with Crippen LogP contribution >= 0.6 is 0 Å². The van der Waals surface area contributed by atoms with Crippen LogP contribution in [0.1, 0.15) is 5.56 Å². The first-order chi connectivity index (χ1) is 7.81. The van der Waals surface area contributed by atoms with Crippen LogP contribution in [0, 0.1) is 6.92 Å². The van der Waals surface area contributed by atoms with Gasteiger partial charge in [-0.3, -0.25) is 4.98 Å². The maximum atomic E-state index is 5.88. The van der Waals surface area contributed by atoms with Crippen LogP contribution in [0.5, 0.6) is 0 Å². The molecule has 0 radical (unpaired) electrons. The van der Waals surface area contributed by atoms with E-state index < -0.39 is 0 Å². The molecule has 0 aliphatic carbocycles. The summed E-state index contributed by atoms with van der Waals surface area (Å²) in [7, 11) is 0. The molecular weight excluding hydrogens is 202 g/mol. The maximum absolute atomic E-state index is 5.88. The summed E-state index contributed by atoms with van der Waals surface area (Å²) >= 11 is 0. The number of ether oxygens (including phenoxy) is 1. The molecule has 3 heterocycles. The Bertz CT molecular complexity index is 370. The van der Waals surface area contributed by atoms with E-state index in [9.17, 15) is 0 Å². The van der Waals surface area contributed by atoms with E-state index in [4.69, 9.17) is 4.74 Å². The number of aryl methyl sites for hydroxylation is 1. The third-order valence-electron chi connectivity index (χ3n) is 3.20. The second-order valence-electron chi connectivity index (χ2n) is 4.66. The minimum absolute atomic E-state index is 0.327. The van der Waals surface area contributed by atoms with Gasteiger partial charge in [0.2, 0.25) is 0 Å². The molecule has 4 heteroatoms. The highest BCUT2D eigenvalue weighted by molar-refractivity contribution is 5.46. The van der Waals surface area contributed by atoms with Gasteiger partial charge >= 0.3 is 0 Å². The Hall–Kier alpha value is -1.13. The largest absolute Gasteiger partial charge is 0.369 e. The van der Waals surface area contributed by atoms with Gasteiger partial charge in [0.05, 0.1) is 24.1 Å². The summed E-state index contributed by atoms with van der Waals surface area (Å²) in [4.78, 5) is 6.64. The Balaban J connectivity index is 1.80. The van der Waals surface area contributed by atoms with Crippen LogP contribution in [0.4, 0.5) is 5.69 Å². The Morgan fingerprint density at radius 2 is 2.06 bits per heavy atom. The normalized spacial score (nSPS) is 29.2. The van der Waals surface area contributed by atoms with E-state index in [0.29, 0.717) is 12.2 Å². The number of anilines is 1. The van der Waals surface area contributed by atoms with Gasteiger partial charge < -0.3 is 15.0 Å². The van der Waals surface area contributed by atoms with E-state index in [0.717, 1.165) is 26.2 Å². The number of hydrogen-bond donors (Lipinski definition) is 1. The number of rotatable bonds is 1. The minimum Gasteiger partial charge on any atom is -0.369 e. The number of nitrogens with one attached hydrogen (secondary N) is 1. The third-order valence-corrected chi connectivity index (χ3v) is 3.20. The van der Waals surface area contributed by atoms with Gasteiger partial charge in [-0.05, 0) is 18.6 Å². The van der Waals surface area contributed by atoms with Gasteiger partial charge in [0.15, 0.2) is 0 Å². The first-order valence-electron chi connectivity index (χ1n) is 5.84. The lowest BCUT2D eigenvalue weighted by Crippen LogP contribution is -2.58. The highest BCUT2D eigenvalue weighted by Crippen LogP contribution is 2.21. The number of pyridine rings is 1. The smallest absolute Gasteiger partial charge is 0.0879 e. The van der Waals surface area contributed by atoms with Crippen molar-refractivity contribution in [3.8, 4) is 0 Å². The predicted molar refractivity (Wildman–Crippen MR) is 62.7 cm³/mol. The van der Waals surface area contributed by atoms with E-state index in [2.05, 4.69) is 28.2 Å². The summed E-state index contributed by atoms with van der Waals surface area (Å²) in [6, 6.07) is 2.20. The van der Waals surface area contributed by atoms with Crippen LogP contribution in [0.3, 0.4) is 0 Å². The molecule has 1 aromatic heterocycles. The molecule has 86 valence electrons. The second kappa shape index (κ2) is 4.03. The van der Waals surface area contributed by atoms with E-state index >= 15 is 0 Å². The third kappa shape index (κ3) is 1.90. The average molecular weight is 219 g/mol. The van der Waals surface area contributed by atoms with Gasteiger partial charge in [0.1, 0.15) is 0 Å². The molecular formula is C12H17N3O. The molecule has 2 unspecified atom stereocenters. The lowest BCUT2D eigenvalue weighted by molar-refractivity contribution is -0.0484. The molecule has 2 atom stereocenters. The average Bonchev–Trinajstić information content (AvgIpc) is 2.28. The highest BCUT2D eigenvalue weighted by Gasteiger charge is 2.31. The van der Waals surface area contributed by atoms with Crippen molar-refractivity contribution < 1.29 is 4.74 Å². The summed E-state index contributed by atoms with van der Waals surface area (Å²) in [6.07, 6.45) is 4.49. The monoisotopic (exact) mass is 219 g/mol. The molecule has 2 saturated heterocycles. The van der Waals surface area contributed by atoms with Crippen LogP contribution in [0.15, 0.2) is 18.5 Å². The van der Waals surface area contributed by atoms with E-state index in [1.165, 1.54) is 11.3 Å². The lowest BCUT2D eigenvalue weighted by Gasteiger charge is -2.42. The molecule has 4 nitrogen and oxygen atoms in total. The molecule has 0 spiro atoms. The van der Waals surface area contributed by atoms with Gasteiger partial charge in [-0.2, -0.15) is 0 Å². The van der Waals surface area contributed by atoms with E-state index in [-0.39, 0.29) is 0 Å². The molecule has 2 aliphatic rings. The maximum Gasteiger partial charge on any atom is 0.0879 e. The van der Waals surface area contributed by atoms with Crippen LogP contribution in [-0.2, 0) is 4.74 Å². The number of hydrogen-bond acceptors (Lipinski definition) is 4. The summed E-state index contributed by atoms with van der Waals surface area (Å²) in [6.45, 7) is 5.95. The van der Waals surface area contributed by atoms with Crippen LogP contribution in [-0.4, -0.2) is 43.4 Å². The predicted octanol–water partition coefficient (Wildman–Crippen LogP) is 0.567. The van der Waals surface area contributed by atoms with Gasteiger partial charge in [-0.15, -0.1) is 0 Å². The molecule has 1 N–H and O–H groups in total. The molecule has 16 heavy (non-hydrogen) atoms. The van der Waals surface area contributed by atoms with Crippen molar-refractivity contribution in [2.45, 2.75) is 19.1 Å². The van der Waals surface area contributed by atoms with Crippen molar-refractivity contribution in [3.05, 3.63) is 24.0 Å². The summed E-state index contributed by atoms with van der Waals surface area (Å²) < 4.78 is 5.88. The SMILES string of the molecule is Cc1cncc(N2CC3CNCC(C2)O3)c1. The topological polar surface area (TPSA) is 37.4 Å². The number of fused-ring (bicyclic) bond motifs is 2. The van der Waals surface area contributed by atoms with Crippen LogP contribution < -0.4 is 10.2 Å². The summed E-state index contributed by atoms with van der Waals surface area (Å²) in [5.74, 6) is 0. The van der Waals surface area contributed by atoms with Crippen molar-refractivity contribution in [2.75, 3.05) is 31.1 Å². The Morgan fingerprint density at radius 1 is 1.31 bits per heavy atom. The van der Waals surface area contributed by atoms with Crippen molar-refractivity contribution in [3.63, 3.8) is 0 Å². The standard InChI is InChI=1S/C12H17N3O/c1-9-2-10(4-13-3-9)15-7-11-5-14-6-12(8-15)16-11/h2-4,11-12,14H,5-8H2,1H3. The fourth-order valence-corrected chi connectivity index (χ4v) is 2.48. The van der Waals surface area contributed by atoms with Crippen molar-refractivity contribution >= 4 is 5.69 Å². The van der Waals surface area contributed by atoms with Crippen LogP contribution in [0.25, 0.3) is 0 Å². The number of aromatic nitrogens is 1. The molecule has 2 bridgehead atoms. The number of nitrogens with zero attached hydrogens (tertiary/aromatic N) is 2. The van der Waals surface area contributed by atoms with Crippen molar-refractivity contribution in [2.24, 2.45) is 0 Å². The quantitative estimate of drug-likeness (QED) is 0.749. The van der Waals surface area contributed by atoms with E-state index in [1.54, 1.807) is 0 Å². The second-order valence-corrected chi connectivity index (χ2v) is 4.66. The Kier molecular flexibility index (Phi) is 2.53. The minimum atomic E-state index is 0.327. The van der Waals surface area contributed by atoms with Gasteiger partial charge in [0.25, 0.3) is 0 Å². The fourth-order valence-electron chi connectivity index (χ4n) is 2.48. The Morgan fingerprint density at radius 3 is 2.75 bits per heavy atom. The molecule has 2 fully saturated rings. The van der Waals surface area contributed by atoms with Gasteiger partial charge in [-0.25, -0.2) is 0 Å². The summed E-state index contributed by atoms with van der Waals surface area (Å²) in [5, 5.41) is 3.40. The van der Waals surface area contributed by atoms with Gasteiger partial charge in [-0.1, -0.05) is 0 Å². The first kappa shape index (κ1) is 10.1. The van der Waals surface area contributed by atoms with Crippen molar-refractivity contribution in [1.29, 1.82) is 0 Å². The molecule has 0 saturated carbocycles. The Labute approximate surface area is 95.6 Å². The number of morpholine rings is 2. The van der Waals surface area contributed by atoms with E-state index in [1.807, 2.05) is 12.4 Å². The molecule has 0 aromatic carbocycles. The van der Waals surface area contributed by atoms with Crippen LogP contribution in [0.2, 0.25) is 0 Å². The molecule has 1 aromatic rings. The molecule has 0 amide bonds. The highest BCUT2D eigenvalue weighted by atomic mass is 16.5. The van der Waals surface area contributed by atoms with Crippen molar-refractivity contribution in [1.82, 2.24) is 10.3 Å².